The Kier molecular flexibility index (Phi) is 18.1. The fourth-order valence-corrected chi connectivity index (χ4v) is 6.97. The molecular weight excluding hydrogens is 696 g/mol. The number of unbranched alkanes of at least 4 members (excludes halogenated alkanes) is 1. The minimum atomic E-state index is -0.364. The molecule has 2 heterocycles. The summed E-state index contributed by atoms with van der Waals surface area (Å²) in [6.45, 7) is 15.5. The molecule has 5 nitrogen and oxygen atoms in total. The molecule has 8 heteroatoms. The fourth-order valence-electron chi connectivity index (χ4n) is 5.04. The number of halogens is 1. The minimum absolute atomic E-state index is 0.271. The number of nitrogens with zero attached hydrogens (tertiary/aromatic N) is 2. The highest BCUT2D eigenvalue weighted by Gasteiger charge is 2.10. The molecule has 0 saturated carbocycles. The van der Waals surface area contributed by atoms with Crippen LogP contribution in [0, 0.1) is 5.82 Å². The van der Waals surface area contributed by atoms with Gasteiger partial charge in [0.25, 0.3) is 5.91 Å². The van der Waals surface area contributed by atoms with Crippen molar-refractivity contribution in [2.45, 2.75) is 60.8 Å². The third kappa shape index (κ3) is 12.2. The number of aromatic nitrogens is 2. The first-order chi connectivity index (χ1) is 25.9. The van der Waals surface area contributed by atoms with Gasteiger partial charge in [-0.3, -0.25) is 4.79 Å². The zero-order valence-electron chi connectivity index (χ0n) is 31.9. The molecule has 0 aliphatic rings. The summed E-state index contributed by atoms with van der Waals surface area (Å²) in [4.78, 5) is 21.5. The van der Waals surface area contributed by atoms with Crippen LogP contribution in [0.4, 0.5) is 15.8 Å². The van der Waals surface area contributed by atoms with Crippen LogP contribution in [0.2, 0.25) is 0 Å². The van der Waals surface area contributed by atoms with Gasteiger partial charge in [0.1, 0.15) is 15.8 Å². The molecule has 0 atom stereocenters. The average Bonchev–Trinajstić information content (AvgIpc) is 3.85. The van der Waals surface area contributed by atoms with Crippen LogP contribution in [0.15, 0.2) is 128 Å². The van der Waals surface area contributed by atoms with Gasteiger partial charge < -0.3 is 10.6 Å². The van der Waals surface area contributed by atoms with E-state index in [0.717, 1.165) is 37.7 Å². The Hall–Kier alpha value is -5.18. The number of thiazole rings is 2. The zero-order valence-corrected chi connectivity index (χ0v) is 33.5. The number of rotatable bonds is 8. The van der Waals surface area contributed by atoms with Gasteiger partial charge in [-0.2, -0.15) is 0 Å². The van der Waals surface area contributed by atoms with E-state index in [1.807, 2.05) is 96.3 Å². The predicted molar refractivity (Wildman–Crippen MR) is 231 cm³/mol. The molecule has 53 heavy (non-hydrogen) atoms. The highest BCUT2D eigenvalue weighted by atomic mass is 32.1. The molecule has 0 saturated heterocycles. The number of hydrogen-bond acceptors (Lipinski definition) is 6. The van der Waals surface area contributed by atoms with Crippen molar-refractivity contribution in [3.8, 4) is 21.1 Å². The predicted octanol–water partition coefficient (Wildman–Crippen LogP) is 13.9. The lowest BCUT2D eigenvalue weighted by molar-refractivity contribution is 0.102. The Labute approximate surface area is 322 Å². The maximum absolute atomic E-state index is 12.9. The summed E-state index contributed by atoms with van der Waals surface area (Å²) in [5, 5.41) is 8.15. The van der Waals surface area contributed by atoms with Gasteiger partial charge in [0.05, 0.1) is 20.4 Å². The molecule has 0 bridgehead atoms. The summed E-state index contributed by atoms with van der Waals surface area (Å²) in [5.74, 6) is -0.635. The molecule has 0 unspecified atom stereocenters. The zero-order chi connectivity index (χ0) is 38.6. The van der Waals surface area contributed by atoms with Crippen LogP contribution in [0.25, 0.3) is 41.6 Å². The van der Waals surface area contributed by atoms with Crippen LogP contribution in [0.1, 0.15) is 70.3 Å². The quantitative estimate of drug-likeness (QED) is 0.152. The standard InChI is InChI=1S/C20H13FN2OS.C18H20N2S.C3H6.2C2H6/c21-15-9-5-13(6-10-15)19(24)22-16-11-7-14(8-12-16)20-23-17-3-1-2-4-18(17)25-20;1-3-4-7-13-12-14(10-11-15(13)19-2)18-20-16-8-5-6-9-17(16)21-18;1-3-2;2*1-2/h1-12H,(H,22,24);5-6,8-12,19H,3-4,7H2,1-2H3;3H,1H2,2H3;2*1-2H3. The number of hydrogen-bond donors (Lipinski definition) is 2. The van der Waals surface area contributed by atoms with E-state index in [2.05, 4.69) is 65.5 Å². The highest BCUT2D eigenvalue weighted by molar-refractivity contribution is 7.22. The topological polar surface area (TPSA) is 66.9 Å². The van der Waals surface area contributed by atoms with Crippen molar-refractivity contribution in [3.63, 3.8) is 0 Å². The van der Waals surface area contributed by atoms with Crippen molar-refractivity contribution in [2.75, 3.05) is 17.7 Å². The molecule has 0 aliphatic heterocycles. The smallest absolute Gasteiger partial charge is 0.255 e. The molecule has 2 N–H and O–H groups in total. The van der Waals surface area contributed by atoms with Crippen LogP contribution in [0.5, 0.6) is 0 Å². The number of allylic oxidation sites excluding steroid dienone is 1. The second-order valence-electron chi connectivity index (χ2n) is 11.1. The fraction of sp³-hybridized carbons (Fsp3) is 0.222. The third-order valence-electron chi connectivity index (χ3n) is 7.51. The van der Waals surface area contributed by atoms with E-state index in [4.69, 9.17) is 4.98 Å². The number of fused-ring (bicyclic) bond motifs is 2. The van der Waals surface area contributed by atoms with E-state index in [9.17, 15) is 9.18 Å². The van der Waals surface area contributed by atoms with E-state index in [1.165, 1.54) is 58.6 Å². The SMILES string of the molecule is C=CC.CC.CC.CCCCc1cc(-c2nc3ccccc3s2)ccc1NC.O=C(Nc1ccc(-c2nc3ccccc3s2)cc1)c1ccc(F)cc1. The molecule has 5 aromatic carbocycles. The summed E-state index contributed by atoms with van der Waals surface area (Å²) in [6.07, 6.45) is 5.30. The molecule has 0 radical (unpaired) electrons. The molecular formula is C45H51FN4OS2. The molecule has 276 valence electrons. The summed E-state index contributed by atoms with van der Waals surface area (Å²) >= 11 is 3.40. The maximum atomic E-state index is 12.9. The van der Waals surface area contributed by atoms with Crippen molar-refractivity contribution < 1.29 is 9.18 Å². The second-order valence-corrected chi connectivity index (χ2v) is 13.2. The molecule has 0 spiro atoms. The van der Waals surface area contributed by atoms with Gasteiger partial charge >= 0.3 is 0 Å². The Balaban J connectivity index is 0.000000247. The van der Waals surface area contributed by atoms with Gasteiger partial charge in [0.2, 0.25) is 0 Å². The number of nitrogens with one attached hydrogen (secondary N) is 2. The first-order valence-electron chi connectivity index (χ1n) is 18.2. The van der Waals surface area contributed by atoms with Gasteiger partial charge in [0, 0.05) is 35.1 Å². The van der Waals surface area contributed by atoms with Crippen molar-refractivity contribution in [3.05, 3.63) is 145 Å². The van der Waals surface area contributed by atoms with Crippen molar-refractivity contribution in [1.82, 2.24) is 9.97 Å². The van der Waals surface area contributed by atoms with E-state index >= 15 is 0 Å². The number of carbonyl (C=O) groups is 1. The first-order valence-corrected chi connectivity index (χ1v) is 19.8. The highest BCUT2D eigenvalue weighted by Crippen LogP contribution is 2.33. The van der Waals surface area contributed by atoms with E-state index in [-0.39, 0.29) is 11.7 Å². The second kappa shape index (κ2) is 22.7. The number of carbonyl (C=O) groups excluding carboxylic acids is 1. The van der Waals surface area contributed by atoms with E-state index in [1.54, 1.807) is 28.7 Å². The maximum Gasteiger partial charge on any atom is 0.255 e. The number of para-hydroxylation sites is 2. The summed E-state index contributed by atoms with van der Waals surface area (Å²) < 4.78 is 15.3. The Morgan fingerprint density at radius 3 is 1.77 bits per heavy atom. The van der Waals surface area contributed by atoms with Gasteiger partial charge in [-0.1, -0.05) is 71.4 Å². The van der Waals surface area contributed by atoms with Crippen LogP contribution >= 0.6 is 22.7 Å². The van der Waals surface area contributed by atoms with Gasteiger partial charge in [-0.25, -0.2) is 14.4 Å². The van der Waals surface area contributed by atoms with Crippen molar-refractivity contribution >= 4 is 60.4 Å². The molecule has 7 rings (SSSR count). The number of benzene rings is 5. The Morgan fingerprint density at radius 1 is 0.755 bits per heavy atom. The van der Waals surface area contributed by atoms with Crippen LogP contribution < -0.4 is 10.6 Å². The average molecular weight is 747 g/mol. The third-order valence-corrected chi connectivity index (χ3v) is 9.68. The van der Waals surface area contributed by atoms with Crippen LogP contribution in [-0.4, -0.2) is 22.9 Å². The summed E-state index contributed by atoms with van der Waals surface area (Å²) in [7, 11) is 1.99. The van der Waals surface area contributed by atoms with Crippen molar-refractivity contribution in [1.29, 1.82) is 0 Å². The van der Waals surface area contributed by atoms with Gasteiger partial charge in [0.15, 0.2) is 0 Å². The van der Waals surface area contributed by atoms with Crippen molar-refractivity contribution in [2.24, 2.45) is 0 Å². The lowest BCUT2D eigenvalue weighted by atomic mass is 10.0. The molecule has 7 aromatic rings. The first kappa shape index (κ1) is 42.2. The van der Waals surface area contributed by atoms with Gasteiger partial charge in [-0.05, 0) is 116 Å². The monoisotopic (exact) mass is 746 g/mol. The molecule has 0 fully saturated rings. The summed E-state index contributed by atoms with van der Waals surface area (Å²) in [6, 6.07) is 36.0. The minimum Gasteiger partial charge on any atom is -0.388 e. The lowest BCUT2D eigenvalue weighted by Crippen LogP contribution is -2.11. The van der Waals surface area contributed by atoms with Crippen LogP contribution in [-0.2, 0) is 6.42 Å². The molecule has 1 amide bonds. The molecule has 2 aromatic heterocycles. The van der Waals surface area contributed by atoms with Gasteiger partial charge in [-0.15, -0.1) is 29.3 Å². The summed E-state index contributed by atoms with van der Waals surface area (Å²) in [5.41, 5.74) is 8.00. The Morgan fingerprint density at radius 2 is 1.26 bits per heavy atom. The number of amides is 1. The lowest BCUT2D eigenvalue weighted by Gasteiger charge is -2.10. The van der Waals surface area contributed by atoms with E-state index < -0.39 is 0 Å². The Bertz CT molecular complexity index is 2070. The largest absolute Gasteiger partial charge is 0.388 e. The molecule has 0 aliphatic carbocycles. The number of anilines is 2. The number of aryl methyl sites for hydroxylation is 1. The van der Waals surface area contributed by atoms with E-state index in [0.29, 0.717) is 11.3 Å². The normalized spacial score (nSPS) is 9.89. The van der Waals surface area contributed by atoms with Crippen LogP contribution in [0.3, 0.4) is 0 Å².